The van der Waals surface area contributed by atoms with Gasteiger partial charge in [-0.05, 0) is 18.6 Å². The van der Waals surface area contributed by atoms with Crippen LogP contribution in [0, 0.1) is 0 Å². The van der Waals surface area contributed by atoms with Gasteiger partial charge in [0.2, 0.25) is 0 Å². The summed E-state index contributed by atoms with van der Waals surface area (Å²) in [7, 11) is -2.09. The first-order valence-corrected chi connectivity index (χ1v) is 7.20. The Hall–Kier alpha value is -1.40. The van der Waals surface area contributed by atoms with Crippen LogP contribution in [-0.2, 0) is 19.4 Å². The van der Waals surface area contributed by atoms with Crippen molar-refractivity contribution >= 4 is 15.8 Å². The number of carbonyl (C=O) groups is 1. The lowest BCUT2D eigenvalue weighted by molar-refractivity contribution is -0.142. The summed E-state index contributed by atoms with van der Waals surface area (Å²) in [6.07, 6.45) is 0.254. The molecule has 0 saturated carbocycles. The van der Waals surface area contributed by atoms with E-state index >= 15 is 0 Å². The zero-order valence-electron chi connectivity index (χ0n) is 10.00. The highest BCUT2D eigenvalue weighted by Gasteiger charge is 2.38. The number of carbonyl (C=O) groups excluding carboxylic acids is 1. The highest BCUT2D eigenvalue weighted by atomic mass is 32.2. The summed E-state index contributed by atoms with van der Waals surface area (Å²) in [5.41, 5.74) is 0. The largest absolute Gasteiger partial charge is 0.468 e. The number of ether oxygens (including phenoxy) is 1. The predicted octanol–water partition coefficient (Wildman–Crippen LogP) is 0.364. The fraction of sp³-hybridized carbons (Fsp3) is 0.417. The molecule has 1 aromatic rings. The molecule has 0 unspecified atom stereocenters. The van der Waals surface area contributed by atoms with E-state index in [4.69, 9.17) is 0 Å². The van der Waals surface area contributed by atoms with Crippen molar-refractivity contribution in [1.29, 1.82) is 0 Å². The van der Waals surface area contributed by atoms with E-state index in [1.165, 1.54) is 7.11 Å². The van der Waals surface area contributed by atoms with Gasteiger partial charge in [-0.3, -0.25) is 4.79 Å². The van der Waals surface area contributed by atoms with Crippen LogP contribution in [-0.4, -0.2) is 39.3 Å². The van der Waals surface area contributed by atoms with Gasteiger partial charge in [0.05, 0.1) is 17.3 Å². The lowest BCUT2D eigenvalue weighted by Gasteiger charge is -2.10. The fourth-order valence-electron chi connectivity index (χ4n) is 2.06. The zero-order chi connectivity index (χ0) is 13.2. The SMILES string of the molecule is COC(=O)[C@@H]1C[C@@H](S(=O)(=O)c2ccccc2)CN1. The van der Waals surface area contributed by atoms with Crippen molar-refractivity contribution in [3.63, 3.8) is 0 Å². The summed E-state index contributed by atoms with van der Waals surface area (Å²) in [6.45, 7) is 0.275. The van der Waals surface area contributed by atoms with E-state index < -0.39 is 27.1 Å². The standard InChI is InChI=1S/C12H15NO4S/c1-17-12(14)11-7-10(8-13-11)18(15,16)9-5-3-2-4-6-9/h2-6,10-11,13H,7-8H2,1H3/t10-,11+/m1/s1. The zero-order valence-corrected chi connectivity index (χ0v) is 10.8. The number of nitrogens with one attached hydrogen (secondary N) is 1. The van der Waals surface area contributed by atoms with Crippen LogP contribution in [0.1, 0.15) is 6.42 Å². The average Bonchev–Trinajstić information content (AvgIpc) is 2.89. The van der Waals surface area contributed by atoms with Crippen molar-refractivity contribution in [2.45, 2.75) is 22.6 Å². The van der Waals surface area contributed by atoms with E-state index in [9.17, 15) is 13.2 Å². The maximum absolute atomic E-state index is 12.3. The molecule has 0 bridgehead atoms. The molecule has 2 atom stereocenters. The van der Waals surface area contributed by atoms with E-state index in [0.29, 0.717) is 4.90 Å². The van der Waals surface area contributed by atoms with Crippen molar-refractivity contribution in [3.05, 3.63) is 30.3 Å². The van der Waals surface area contributed by atoms with Crippen LogP contribution in [0.2, 0.25) is 0 Å². The Kier molecular flexibility index (Phi) is 3.68. The van der Waals surface area contributed by atoms with Crippen molar-refractivity contribution in [2.75, 3.05) is 13.7 Å². The van der Waals surface area contributed by atoms with Gasteiger partial charge < -0.3 is 10.1 Å². The molecule has 1 aliphatic rings. The van der Waals surface area contributed by atoms with Crippen LogP contribution < -0.4 is 5.32 Å². The maximum atomic E-state index is 12.3. The Morgan fingerprint density at radius 3 is 2.61 bits per heavy atom. The number of methoxy groups -OCH3 is 1. The molecule has 1 fully saturated rings. The van der Waals surface area contributed by atoms with Crippen LogP contribution in [0.3, 0.4) is 0 Å². The minimum absolute atomic E-state index is 0.254. The highest BCUT2D eigenvalue weighted by Crippen LogP contribution is 2.22. The molecule has 0 radical (unpaired) electrons. The summed E-state index contributed by atoms with van der Waals surface area (Å²) in [5, 5.41) is 2.30. The Bertz CT molecular complexity index is 526. The Morgan fingerprint density at radius 1 is 1.33 bits per heavy atom. The molecule has 1 N–H and O–H groups in total. The van der Waals surface area contributed by atoms with E-state index in [-0.39, 0.29) is 13.0 Å². The normalized spacial score (nSPS) is 23.8. The van der Waals surface area contributed by atoms with Crippen LogP contribution in [0.25, 0.3) is 0 Å². The fourth-order valence-corrected chi connectivity index (χ4v) is 3.75. The Balaban J connectivity index is 2.17. The molecule has 0 amide bonds. The molecule has 1 heterocycles. The Morgan fingerprint density at radius 2 is 2.00 bits per heavy atom. The summed E-state index contributed by atoms with van der Waals surface area (Å²) >= 11 is 0. The molecule has 0 spiro atoms. The lowest BCUT2D eigenvalue weighted by atomic mass is 10.2. The molecule has 18 heavy (non-hydrogen) atoms. The van der Waals surface area contributed by atoms with E-state index in [1.807, 2.05) is 0 Å². The number of esters is 1. The minimum Gasteiger partial charge on any atom is -0.468 e. The smallest absolute Gasteiger partial charge is 0.322 e. The topological polar surface area (TPSA) is 72.5 Å². The molecule has 98 valence electrons. The first-order valence-electron chi connectivity index (χ1n) is 5.66. The van der Waals surface area contributed by atoms with Gasteiger partial charge in [-0.1, -0.05) is 18.2 Å². The number of hydrogen-bond donors (Lipinski definition) is 1. The number of benzene rings is 1. The van der Waals surface area contributed by atoms with Crippen molar-refractivity contribution in [2.24, 2.45) is 0 Å². The van der Waals surface area contributed by atoms with E-state index in [2.05, 4.69) is 10.1 Å². The van der Waals surface area contributed by atoms with Gasteiger partial charge in [0.25, 0.3) is 0 Å². The van der Waals surface area contributed by atoms with Gasteiger partial charge in [-0.2, -0.15) is 0 Å². The molecule has 5 nitrogen and oxygen atoms in total. The lowest BCUT2D eigenvalue weighted by Crippen LogP contribution is -2.31. The van der Waals surface area contributed by atoms with Gasteiger partial charge in [0, 0.05) is 6.54 Å². The van der Waals surface area contributed by atoms with Gasteiger partial charge in [0.1, 0.15) is 6.04 Å². The molecule has 1 aromatic carbocycles. The summed E-state index contributed by atoms with van der Waals surface area (Å²) < 4.78 is 29.2. The molecule has 1 aliphatic heterocycles. The molecule has 0 aliphatic carbocycles. The molecule has 6 heteroatoms. The average molecular weight is 269 g/mol. The number of rotatable bonds is 3. The second-order valence-corrected chi connectivity index (χ2v) is 6.43. The molecule has 1 saturated heterocycles. The highest BCUT2D eigenvalue weighted by molar-refractivity contribution is 7.92. The van der Waals surface area contributed by atoms with Gasteiger partial charge in [0.15, 0.2) is 9.84 Å². The third-order valence-electron chi connectivity index (χ3n) is 3.09. The van der Waals surface area contributed by atoms with Crippen LogP contribution >= 0.6 is 0 Å². The van der Waals surface area contributed by atoms with Crippen LogP contribution in [0.5, 0.6) is 0 Å². The Labute approximate surface area is 106 Å². The van der Waals surface area contributed by atoms with E-state index in [1.54, 1.807) is 30.3 Å². The second kappa shape index (κ2) is 5.07. The predicted molar refractivity (Wildman–Crippen MR) is 65.8 cm³/mol. The van der Waals surface area contributed by atoms with Crippen molar-refractivity contribution < 1.29 is 17.9 Å². The third-order valence-corrected chi connectivity index (χ3v) is 5.25. The number of hydrogen-bond acceptors (Lipinski definition) is 5. The first-order chi connectivity index (χ1) is 8.55. The number of sulfone groups is 1. The molecular weight excluding hydrogens is 254 g/mol. The molecular formula is C12H15NO4S. The summed E-state index contributed by atoms with van der Waals surface area (Å²) in [4.78, 5) is 11.6. The van der Waals surface area contributed by atoms with Crippen LogP contribution in [0.15, 0.2) is 35.2 Å². The monoisotopic (exact) mass is 269 g/mol. The maximum Gasteiger partial charge on any atom is 0.322 e. The van der Waals surface area contributed by atoms with Crippen LogP contribution in [0.4, 0.5) is 0 Å². The van der Waals surface area contributed by atoms with Gasteiger partial charge in [-0.25, -0.2) is 8.42 Å². The first kappa shape index (κ1) is 13.0. The quantitative estimate of drug-likeness (QED) is 0.802. The molecule has 0 aromatic heterocycles. The second-order valence-electron chi connectivity index (χ2n) is 4.20. The third kappa shape index (κ3) is 2.39. The molecule has 2 rings (SSSR count). The van der Waals surface area contributed by atoms with Gasteiger partial charge in [-0.15, -0.1) is 0 Å². The minimum atomic E-state index is -3.38. The van der Waals surface area contributed by atoms with E-state index in [0.717, 1.165) is 0 Å². The summed E-state index contributed by atoms with van der Waals surface area (Å²) in [6, 6.07) is 7.75. The van der Waals surface area contributed by atoms with Gasteiger partial charge >= 0.3 is 5.97 Å². The summed E-state index contributed by atoms with van der Waals surface area (Å²) in [5.74, 6) is -0.416. The van der Waals surface area contributed by atoms with Crippen molar-refractivity contribution in [3.8, 4) is 0 Å². The van der Waals surface area contributed by atoms with Crippen molar-refractivity contribution in [1.82, 2.24) is 5.32 Å².